The molecule has 1 heterocycles. The van der Waals surface area contributed by atoms with Gasteiger partial charge in [-0.3, -0.25) is 9.59 Å². The molecule has 10 nitrogen and oxygen atoms in total. The normalized spacial score (nSPS) is 16.9. The summed E-state index contributed by atoms with van der Waals surface area (Å²) in [4.78, 5) is 30.9. The topological polar surface area (TPSA) is 149 Å². The lowest BCUT2D eigenvalue weighted by molar-refractivity contribution is -0.156. The number of nitrogens with zero attached hydrogens (tertiary/aromatic N) is 1. The number of esters is 1. The summed E-state index contributed by atoms with van der Waals surface area (Å²) in [5.41, 5.74) is 6.89. The Balaban J connectivity index is 2.14. The fourth-order valence-electron chi connectivity index (χ4n) is 3.91. The molecule has 0 aliphatic carbocycles. The van der Waals surface area contributed by atoms with Gasteiger partial charge in [0.15, 0.2) is 0 Å². The summed E-state index contributed by atoms with van der Waals surface area (Å²) in [6.45, 7) is 10.6. The monoisotopic (exact) mass is 510 g/mol. The van der Waals surface area contributed by atoms with Crippen LogP contribution in [0.2, 0.25) is 0 Å². The molecule has 2 rings (SSSR count). The highest BCUT2D eigenvalue weighted by Crippen LogP contribution is 2.22. The number of carbonyl (C=O) groups excluding carboxylic acids is 2. The number of rotatable bonds is 11. The van der Waals surface area contributed by atoms with E-state index in [4.69, 9.17) is 15.3 Å². The van der Waals surface area contributed by atoms with Crippen molar-refractivity contribution in [3.8, 4) is 0 Å². The highest BCUT2D eigenvalue weighted by molar-refractivity contribution is 7.89. The molecule has 35 heavy (non-hydrogen) atoms. The van der Waals surface area contributed by atoms with Crippen molar-refractivity contribution in [2.75, 3.05) is 13.1 Å². The Kier molecular flexibility index (Phi) is 9.82. The molecule has 4 N–H and O–H groups in total. The van der Waals surface area contributed by atoms with Crippen LogP contribution in [-0.2, 0) is 29.2 Å². The molecular weight excluding hydrogens is 472 g/mol. The summed E-state index contributed by atoms with van der Waals surface area (Å²) in [5.74, 6) is -1.32. The van der Waals surface area contributed by atoms with Crippen molar-refractivity contribution in [3.63, 3.8) is 0 Å². The molecule has 0 fully saturated rings. The zero-order valence-corrected chi connectivity index (χ0v) is 22.3. The summed E-state index contributed by atoms with van der Waals surface area (Å²) >= 11 is 0. The minimum Gasteiger partial charge on any atom is -0.459 e. The van der Waals surface area contributed by atoms with Crippen molar-refractivity contribution in [1.29, 1.82) is 0 Å². The lowest BCUT2D eigenvalue weighted by Gasteiger charge is -2.25. The molecule has 1 aromatic rings. The molecule has 0 saturated heterocycles. The van der Waals surface area contributed by atoms with Crippen LogP contribution in [0.5, 0.6) is 0 Å². The van der Waals surface area contributed by atoms with E-state index in [1.807, 2.05) is 6.92 Å². The van der Waals surface area contributed by atoms with Crippen molar-refractivity contribution >= 4 is 27.6 Å². The van der Waals surface area contributed by atoms with Gasteiger partial charge in [-0.15, -0.1) is 0 Å². The minimum atomic E-state index is -4.09. The van der Waals surface area contributed by atoms with Crippen LogP contribution in [0.1, 0.15) is 63.1 Å². The summed E-state index contributed by atoms with van der Waals surface area (Å²) in [7, 11) is -4.09. The van der Waals surface area contributed by atoms with Crippen LogP contribution < -0.4 is 15.8 Å². The van der Waals surface area contributed by atoms with Crippen LogP contribution >= 0.6 is 0 Å². The van der Waals surface area contributed by atoms with E-state index < -0.39 is 33.5 Å². The van der Waals surface area contributed by atoms with Gasteiger partial charge >= 0.3 is 5.97 Å². The van der Waals surface area contributed by atoms with Crippen molar-refractivity contribution < 1.29 is 27.6 Å². The number of amides is 1. The predicted octanol–water partition coefficient (Wildman–Crippen LogP) is 1.99. The number of nitrogens with two attached hydrogens (primary N) is 1. The van der Waals surface area contributed by atoms with Gasteiger partial charge in [0.2, 0.25) is 10.0 Å². The lowest BCUT2D eigenvalue weighted by atomic mass is 10.1. The van der Waals surface area contributed by atoms with Gasteiger partial charge in [-0.05, 0) is 78.5 Å². The average Bonchev–Trinajstić information content (AvgIpc) is 3.17. The maximum absolute atomic E-state index is 13.3. The molecule has 1 amide bonds. The van der Waals surface area contributed by atoms with E-state index in [-0.39, 0.29) is 23.3 Å². The second-order valence-corrected chi connectivity index (χ2v) is 11.6. The Bertz CT molecular complexity index is 1040. The number of unbranched alkanes of at least 4 members (excludes halogenated alkanes) is 1. The molecule has 1 aliphatic heterocycles. The van der Waals surface area contributed by atoms with Crippen LogP contribution in [0.3, 0.4) is 0 Å². The molecule has 2 atom stereocenters. The standard InChI is InChI=1S/C24H38N4O6S/c1-15-11-16(2)21(17(3)12-15)35(31,32)28-20(23(30)33-24(4,5)6)14-26-22(29)19-13-18(34-27-19)9-7-8-10-25/h11-12,18,20,28H,7-10,13-14,25H2,1-6H3,(H,26,29)/t18?,20-/m0/s1. The number of aryl methyl sites for hydroxylation is 3. The first kappa shape index (κ1) is 28.7. The fourth-order valence-corrected chi connectivity index (χ4v) is 5.55. The van der Waals surface area contributed by atoms with Crippen molar-refractivity contribution in [3.05, 3.63) is 28.8 Å². The van der Waals surface area contributed by atoms with Crippen LogP contribution in [0, 0.1) is 20.8 Å². The molecule has 0 radical (unpaired) electrons. The number of hydrogen-bond donors (Lipinski definition) is 3. The molecular formula is C24H38N4O6S. The second kappa shape index (κ2) is 12.0. The Morgan fingerprint density at radius 2 is 1.83 bits per heavy atom. The lowest BCUT2D eigenvalue weighted by Crippen LogP contribution is -2.51. The molecule has 0 saturated carbocycles. The van der Waals surface area contributed by atoms with Gasteiger partial charge in [0, 0.05) is 13.0 Å². The van der Waals surface area contributed by atoms with E-state index in [2.05, 4.69) is 15.2 Å². The summed E-state index contributed by atoms with van der Waals surface area (Å²) in [6.07, 6.45) is 2.59. The van der Waals surface area contributed by atoms with Crippen molar-refractivity contribution in [2.45, 2.75) is 89.9 Å². The number of carbonyl (C=O) groups is 2. The number of sulfonamides is 1. The van der Waals surface area contributed by atoms with Gasteiger partial charge in [0.1, 0.15) is 23.5 Å². The van der Waals surface area contributed by atoms with Crippen LogP contribution in [0.25, 0.3) is 0 Å². The number of nitrogens with one attached hydrogen (secondary N) is 2. The van der Waals surface area contributed by atoms with E-state index in [9.17, 15) is 18.0 Å². The van der Waals surface area contributed by atoms with Crippen molar-refractivity contribution in [1.82, 2.24) is 10.0 Å². The summed E-state index contributed by atoms with van der Waals surface area (Å²) < 4.78 is 34.3. The largest absolute Gasteiger partial charge is 0.459 e. The zero-order valence-electron chi connectivity index (χ0n) is 21.4. The highest BCUT2D eigenvalue weighted by Gasteiger charge is 2.33. The van der Waals surface area contributed by atoms with Crippen molar-refractivity contribution in [2.24, 2.45) is 10.9 Å². The summed E-state index contributed by atoms with van der Waals surface area (Å²) in [5, 5.41) is 6.44. The van der Waals surface area contributed by atoms with E-state index in [1.54, 1.807) is 46.8 Å². The maximum Gasteiger partial charge on any atom is 0.326 e. The zero-order chi connectivity index (χ0) is 26.4. The first-order chi connectivity index (χ1) is 16.2. The van der Waals surface area contributed by atoms with E-state index in [1.165, 1.54) is 0 Å². The van der Waals surface area contributed by atoms with Gasteiger partial charge in [-0.2, -0.15) is 4.72 Å². The molecule has 1 unspecified atom stereocenters. The van der Waals surface area contributed by atoms with E-state index >= 15 is 0 Å². The predicted molar refractivity (Wildman–Crippen MR) is 133 cm³/mol. The molecule has 1 aliphatic rings. The molecule has 0 aromatic heterocycles. The van der Waals surface area contributed by atoms with Crippen LogP contribution in [0.4, 0.5) is 0 Å². The van der Waals surface area contributed by atoms with Crippen LogP contribution in [-0.4, -0.2) is 56.8 Å². The van der Waals surface area contributed by atoms with Gasteiger partial charge < -0.3 is 20.6 Å². The quantitative estimate of drug-likeness (QED) is 0.304. The summed E-state index contributed by atoms with van der Waals surface area (Å²) in [6, 6.07) is 2.17. The molecule has 11 heteroatoms. The van der Waals surface area contributed by atoms with Gasteiger partial charge in [-0.25, -0.2) is 8.42 Å². The third-order valence-electron chi connectivity index (χ3n) is 5.30. The number of hydrogen-bond acceptors (Lipinski definition) is 8. The fraction of sp³-hybridized carbons (Fsp3) is 0.625. The smallest absolute Gasteiger partial charge is 0.326 e. The Labute approximate surface area is 208 Å². The third-order valence-corrected chi connectivity index (χ3v) is 7.08. The second-order valence-electron chi connectivity index (χ2n) is 9.90. The molecule has 1 aromatic carbocycles. The van der Waals surface area contributed by atoms with E-state index in [0.29, 0.717) is 24.1 Å². The number of benzene rings is 1. The van der Waals surface area contributed by atoms with Gasteiger partial charge in [0.25, 0.3) is 5.91 Å². The number of ether oxygens (including phenoxy) is 1. The SMILES string of the molecule is Cc1cc(C)c(S(=O)(=O)N[C@@H](CNC(=O)C2=NOC(CCCCN)C2)C(=O)OC(C)(C)C)c(C)c1. The molecule has 196 valence electrons. The van der Waals surface area contributed by atoms with Gasteiger partial charge in [0.05, 0.1) is 4.90 Å². The highest BCUT2D eigenvalue weighted by atomic mass is 32.2. The van der Waals surface area contributed by atoms with Gasteiger partial charge in [-0.1, -0.05) is 22.9 Å². The first-order valence-corrected chi connectivity index (χ1v) is 13.3. The Hall–Kier alpha value is -2.50. The average molecular weight is 511 g/mol. The molecule has 0 spiro atoms. The van der Waals surface area contributed by atoms with Crippen LogP contribution in [0.15, 0.2) is 22.2 Å². The van der Waals surface area contributed by atoms with E-state index in [0.717, 1.165) is 24.8 Å². The Morgan fingerprint density at radius 3 is 2.40 bits per heavy atom. The third kappa shape index (κ3) is 8.59. The molecule has 0 bridgehead atoms. The minimum absolute atomic E-state index is 0.0943. The Morgan fingerprint density at radius 1 is 1.20 bits per heavy atom. The maximum atomic E-state index is 13.3. The number of oxime groups is 1. The first-order valence-electron chi connectivity index (χ1n) is 11.8.